The summed E-state index contributed by atoms with van der Waals surface area (Å²) in [6.07, 6.45) is -2.77. The van der Waals surface area contributed by atoms with Gasteiger partial charge in [0.1, 0.15) is 16.7 Å². The molecular weight excluding hydrogens is 348 g/mol. The van der Waals surface area contributed by atoms with Crippen LogP contribution < -0.4 is 5.32 Å². The maximum atomic E-state index is 12.1. The second-order valence-electron chi connectivity index (χ2n) is 5.09. The number of aliphatic hydroxyl groups is 2. The van der Waals surface area contributed by atoms with Gasteiger partial charge in [0, 0.05) is 13.5 Å². The van der Waals surface area contributed by atoms with Crippen LogP contribution in [0.25, 0.3) is 0 Å². The fourth-order valence-electron chi connectivity index (χ4n) is 2.67. The quantitative estimate of drug-likeness (QED) is 0.580. The number of carbonyl (C=O) groups excluding carboxylic acids is 2. The average molecular weight is 367 g/mol. The third-order valence-electron chi connectivity index (χ3n) is 3.91. The smallest absolute Gasteiger partial charge is 0.328 e. The molecule has 0 aromatic carbocycles. The molecule has 8 nitrogen and oxygen atoms in total. The van der Waals surface area contributed by atoms with Crippen molar-refractivity contribution in [1.82, 2.24) is 10.2 Å². The summed E-state index contributed by atoms with van der Waals surface area (Å²) in [5, 5.41) is 21.2. The van der Waals surface area contributed by atoms with Crippen molar-refractivity contribution < 1.29 is 29.3 Å². The first-order valence-electron chi connectivity index (χ1n) is 6.68. The predicted octanol–water partition coefficient (Wildman–Crippen LogP) is -0.477. The van der Waals surface area contributed by atoms with Crippen molar-refractivity contribution in [2.75, 3.05) is 13.7 Å². The topological polar surface area (TPSA) is 108 Å². The summed E-state index contributed by atoms with van der Waals surface area (Å²) in [6, 6.07) is -0.647. The Labute approximate surface area is 130 Å². The van der Waals surface area contributed by atoms with E-state index in [0.717, 1.165) is 0 Å². The van der Waals surface area contributed by atoms with Crippen LogP contribution in [-0.4, -0.2) is 69.8 Å². The van der Waals surface area contributed by atoms with Crippen LogP contribution in [0.2, 0.25) is 0 Å². The summed E-state index contributed by atoms with van der Waals surface area (Å²) in [5.41, 5.74) is 0. The minimum atomic E-state index is -1.10. The van der Waals surface area contributed by atoms with Crippen molar-refractivity contribution in [3.8, 4) is 0 Å². The Balaban J connectivity index is 2.28. The van der Waals surface area contributed by atoms with Crippen molar-refractivity contribution in [2.24, 2.45) is 0 Å². The van der Waals surface area contributed by atoms with Crippen molar-refractivity contribution in [3.05, 3.63) is 0 Å². The molecule has 3 N–H and O–H groups in total. The van der Waals surface area contributed by atoms with Crippen molar-refractivity contribution in [3.63, 3.8) is 0 Å². The van der Waals surface area contributed by atoms with Crippen LogP contribution in [0.15, 0.2) is 0 Å². The van der Waals surface area contributed by atoms with Crippen LogP contribution in [-0.2, 0) is 14.3 Å². The highest BCUT2D eigenvalue weighted by molar-refractivity contribution is 9.10. The van der Waals surface area contributed by atoms with Crippen LogP contribution in [0.4, 0.5) is 4.79 Å². The van der Waals surface area contributed by atoms with E-state index >= 15 is 0 Å². The van der Waals surface area contributed by atoms with Gasteiger partial charge in [0.25, 0.3) is 0 Å². The zero-order valence-corrected chi connectivity index (χ0v) is 13.4. The van der Waals surface area contributed by atoms with Gasteiger partial charge >= 0.3 is 6.03 Å². The molecule has 120 valence electrons. The highest BCUT2D eigenvalue weighted by Crippen LogP contribution is 2.37. The standard InChI is InChI=1S/C12H19BrN2O6/c1-3-12(13)9(18)14-11(19)15(10(12)20-2)8-4-6(17)7(5-16)21-8/h6-8,10,16-17H,3-5H2,1-2H3,(H,14,18,19)/t6-,7+,8+,10?,12?/m0/s1. The lowest BCUT2D eigenvalue weighted by molar-refractivity contribution is -0.155. The Morgan fingerprint density at radius 3 is 2.71 bits per heavy atom. The van der Waals surface area contributed by atoms with Gasteiger partial charge in [0.15, 0.2) is 6.23 Å². The highest BCUT2D eigenvalue weighted by atomic mass is 79.9. The maximum absolute atomic E-state index is 12.1. The van der Waals surface area contributed by atoms with Gasteiger partial charge in [-0.2, -0.15) is 0 Å². The molecule has 2 aliphatic heterocycles. The molecule has 0 bridgehead atoms. The molecule has 0 spiro atoms. The summed E-state index contributed by atoms with van der Waals surface area (Å²) in [4.78, 5) is 25.4. The fourth-order valence-corrected chi connectivity index (χ4v) is 3.18. The van der Waals surface area contributed by atoms with Crippen LogP contribution >= 0.6 is 15.9 Å². The fraction of sp³-hybridized carbons (Fsp3) is 0.833. The zero-order chi connectivity index (χ0) is 15.8. The Kier molecular flexibility index (Phi) is 4.89. The minimum Gasteiger partial charge on any atom is -0.394 e. The number of nitrogens with zero attached hydrogens (tertiary/aromatic N) is 1. The second kappa shape index (κ2) is 6.17. The molecule has 2 rings (SSSR count). The first-order valence-corrected chi connectivity index (χ1v) is 7.48. The summed E-state index contributed by atoms with van der Waals surface area (Å²) in [6.45, 7) is 1.44. The molecule has 2 heterocycles. The van der Waals surface area contributed by atoms with E-state index < -0.39 is 40.9 Å². The van der Waals surface area contributed by atoms with Crippen LogP contribution in [0.5, 0.6) is 0 Å². The van der Waals surface area contributed by atoms with Gasteiger partial charge in [-0.1, -0.05) is 22.9 Å². The Morgan fingerprint density at radius 1 is 1.57 bits per heavy atom. The molecule has 3 amide bonds. The second-order valence-corrected chi connectivity index (χ2v) is 6.50. The van der Waals surface area contributed by atoms with Gasteiger partial charge in [0.2, 0.25) is 5.91 Å². The Morgan fingerprint density at radius 2 is 2.24 bits per heavy atom. The summed E-state index contributed by atoms with van der Waals surface area (Å²) >= 11 is 3.35. The van der Waals surface area contributed by atoms with Crippen molar-refractivity contribution in [2.45, 2.75) is 48.8 Å². The van der Waals surface area contributed by atoms with E-state index in [9.17, 15) is 14.7 Å². The monoisotopic (exact) mass is 366 g/mol. The molecule has 0 radical (unpaired) electrons. The maximum Gasteiger partial charge on any atom is 0.328 e. The lowest BCUT2D eigenvalue weighted by Gasteiger charge is -2.45. The van der Waals surface area contributed by atoms with Crippen LogP contribution in [0.1, 0.15) is 19.8 Å². The number of alkyl halides is 1. The van der Waals surface area contributed by atoms with Gasteiger partial charge in [-0.3, -0.25) is 15.0 Å². The van der Waals surface area contributed by atoms with E-state index in [1.165, 1.54) is 12.0 Å². The van der Waals surface area contributed by atoms with Crippen LogP contribution in [0.3, 0.4) is 0 Å². The third-order valence-corrected chi connectivity index (χ3v) is 5.22. The van der Waals surface area contributed by atoms with Gasteiger partial charge in [-0.15, -0.1) is 0 Å². The SMILES string of the molecule is CCC1(Br)C(=O)NC(=O)N([C@H]2C[C@H](O)[C@@H](CO)O2)C1OC. The summed E-state index contributed by atoms with van der Waals surface area (Å²) < 4.78 is 9.74. The number of hydrogen-bond acceptors (Lipinski definition) is 6. The van der Waals surface area contributed by atoms with Gasteiger partial charge < -0.3 is 19.7 Å². The number of nitrogens with one attached hydrogen (secondary N) is 1. The number of urea groups is 1. The average Bonchev–Trinajstić information content (AvgIpc) is 2.82. The lowest BCUT2D eigenvalue weighted by Crippen LogP contribution is -2.69. The predicted molar refractivity (Wildman–Crippen MR) is 74.5 cm³/mol. The molecule has 2 unspecified atom stereocenters. The molecule has 2 saturated heterocycles. The molecular formula is C12H19BrN2O6. The molecule has 2 fully saturated rings. The number of amides is 3. The lowest BCUT2D eigenvalue weighted by atomic mass is 9.99. The molecule has 21 heavy (non-hydrogen) atoms. The normalized spacial score (nSPS) is 40.5. The van der Waals surface area contributed by atoms with Gasteiger partial charge in [-0.05, 0) is 6.42 Å². The number of methoxy groups -OCH3 is 1. The molecule has 0 saturated carbocycles. The summed E-state index contributed by atoms with van der Waals surface area (Å²) in [7, 11) is 1.39. The number of imide groups is 1. The molecule has 0 aromatic heterocycles. The number of halogens is 1. The van der Waals surface area contributed by atoms with E-state index in [0.29, 0.717) is 6.42 Å². The molecule has 5 atom stereocenters. The Bertz CT molecular complexity index is 436. The van der Waals surface area contributed by atoms with Crippen molar-refractivity contribution >= 4 is 27.9 Å². The molecule has 2 aliphatic rings. The zero-order valence-electron chi connectivity index (χ0n) is 11.8. The van der Waals surface area contributed by atoms with E-state index in [1.807, 2.05) is 0 Å². The molecule has 0 aromatic rings. The Hall–Kier alpha value is -0.740. The van der Waals surface area contributed by atoms with Crippen molar-refractivity contribution in [1.29, 1.82) is 0 Å². The van der Waals surface area contributed by atoms with E-state index in [1.54, 1.807) is 6.92 Å². The van der Waals surface area contributed by atoms with E-state index in [2.05, 4.69) is 21.2 Å². The number of rotatable bonds is 4. The first kappa shape index (κ1) is 16.6. The van der Waals surface area contributed by atoms with Gasteiger partial charge in [0.05, 0.1) is 12.7 Å². The van der Waals surface area contributed by atoms with E-state index in [-0.39, 0.29) is 13.0 Å². The number of carbonyl (C=O) groups is 2. The number of hydrogen-bond donors (Lipinski definition) is 3. The minimum absolute atomic E-state index is 0.138. The number of aliphatic hydroxyl groups excluding tert-OH is 2. The van der Waals surface area contributed by atoms with Gasteiger partial charge in [-0.25, -0.2) is 4.79 Å². The molecule has 0 aliphatic carbocycles. The first-order chi connectivity index (χ1) is 9.88. The molecule has 9 heteroatoms. The largest absolute Gasteiger partial charge is 0.394 e. The highest BCUT2D eigenvalue weighted by Gasteiger charge is 2.55. The van der Waals surface area contributed by atoms with E-state index in [4.69, 9.17) is 14.6 Å². The van der Waals surface area contributed by atoms with Crippen LogP contribution in [0, 0.1) is 0 Å². The number of ether oxygens (including phenoxy) is 2. The third kappa shape index (κ3) is 2.68. The summed E-state index contributed by atoms with van der Waals surface area (Å²) in [5.74, 6) is -0.477.